The van der Waals surface area contributed by atoms with Crippen molar-refractivity contribution >= 4 is 12.1 Å². The van der Waals surface area contributed by atoms with E-state index >= 15 is 0 Å². The Morgan fingerprint density at radius 1 is 1.17 bits per heavy atom. The van der Waals surface area contributed by atoms with E-state index in [1.807, 2.05) is 54.6 Å². The zero-order valence-electron chi connectivity index (χ0n) is 13.1. The van der Waals surface area contributed by atoms with Gasteiger partial charge in [-0.3, -0.25) is 4.79 Å². The summed E-state index contributed by atoms with van der Waals surface area (Å²) in [6.45, 7) is 1.89. The Balaban J connectivity index is 2.09. The Bertz CT molecular complexity index is 656. The number of carbonyl (C=O) groups excluding carboxylic acids is 1. The van der Waals surface area contributed by atoms with Gasteiger partial charge in [0.2, 0.25) is 5.91 Å². The van der Waals surface area contributed by atoms with Crippen molar-refractivity contribution in [3.63, 3.8) is 0 Å². The summed E-state index contributed by atoms with van der Waals surface area (Å²) in [6, 6.07) is 17.4. The SMILES string of the molecule is CC(=O)N(CCO)N=Cc1ccccc1OCc1ccccc1. The van der Waals surface area contributed by atoms with Gasteiger partial charge in [0.1, 0.15) is 12.4 Å². The summed E-state index contributed by atoms with van der Waals surface area (Å²) in [6.07, 6.45) is 1.57. The molecule has 0 aromatic heterocycles. The number of carbonyl (C=O) groups is 1. The van der Waals surface area contributed by atoms with Crippen LogP contribution < -0.4 is 4.74 Å². The fraction of sp³-hybridized carbons (Fsp3) is 0.222. The average Bonchev–Trinajstić information content (AvgIpc) is 2.58. The third kappa shape index (κ3) is 5.23. The van der Waals surface area contributed by atoms with Crippen LogP contribution in [-0.4, -0.2) is 35.4 Å². The Morgan fingerprint density at radius 3 is 2.57 bits per heavy atom. The second-order valence-corrected chi connectivity index (χ2v) is 4.92. The van der Waals surface area contributed by atoms with Gasteiger partial charge < -0.3 is 9.84 Å². The maximum absolute atomic E-state index is 11.4. The number of hydrogen-bond donors (Lipinski definition) is 1. The molecule has 1 amide bonds. The van der Waals surface area contributed by atoms with Crippen LogP contribution in [-0.2, 0) is 11.4 Å². The van der Waals surface area contributed by atoms with Crippen LogP contribution in [0.1, 0.15) is 18.1 Å². The van der Waals surface area contributed by atoms with Crippen molar-refractivity contribution in [2.24, 2.45) is 5.10 Å². The van der Waals surface area contributed by atoms with Crippen LogP contribution in [0.3, 0.4) is 0 Å². The molecule has 5 heteroatoms. The van der Waals surface area contributed by atoms with E-state index in [2.05, 4.69) is 5.10 Å². The number of nitrogens with zero attached hydrogens (tertiary/aromatic N) is 2. The molecule has 2 aromatic rings. The summed E-state index contributed by atoms with van der Waals surface area (Å²) in [5.74, 6) is 0.464. The molecule has 0 bridgehead atoms. The van der Waals surface area contributed by atoms with E-state index in [0.29, 0.717) is 12.4 Å². The third-order valence-corrected chi connectivity index (χ3v) is 3.17. The number of aliphatic hydroxyl groups excluding tert-OH is 1. The molecule has 5 nitrogen and oxygen atoms in total. The van der Waals surface area contributed by atoms with Gasteiger partial charge in [0.05, 0.1) is 19.4 Å². The smallest absolute Gasteiger partial charge is 0.239 e. The maximum Gasteiger partial charge on any atom is 0.239 e. The lowest BCUT2D eigenvalue weighted by molar-refractivity contribution is -0.129. The van der Waals surface area contributed by atoms with Crippen molar-refractivity contribution in [1.29, 1.82) is 0 Å². The molecule has 0 fully saturated rings. The molecule has 120 valence electrons. The fourth-order valence-electron chi connectivity index (χ4n) is 1.98. The van der Waals surface area contributed by atoms with Crippen LogP contribution in [0.5, 0.6) is 5.75 Å². The minimum absolute atomic E-state index is 0.136. The first kappa shape index (κ1) is 16.7. The lowest BCUT2D eigenvalue weighted by Crippen LogP contribution is -2.26. The summed E-state index contributed by atoms with van der Waals surface area (Å²) in [5, 5.41) is 14.3. The minimum atomic E-state index is -0.224. The molecular weight excluding hydrogens is 292 g/mol. The van der Waals surface area contributed by atoms with Crippen molar-refractivity contribution in [2.75, 3.05) is 13.2 Å². The molecule has 0 aliphatic carbocycles. The normalized spacial score (nSPS) is 10.7. The summed E-state index contributed by atoms with van der Waals surface area (Å²) >= 11 is 0. The van der Waals surface area contributed by atoms with Crippen molar-refractivity contribution in [2.45, 2.75) is 13.5 Å². The Kier molecular flexibility index (Phi) is 6.32. The van der Waals surface area contributed by atoms with Crippen LogP contribution in [0, 0.1) is 0 Å². The standard InChI is InChI=1S/C18H20N2O3/c1-15(22)20(11-12-21)19-13-17-9-5-6-10-18(17)23-14-16-7-3-2-4-8-16/h2-10,13,21H,11-12,14H2,1H3. The number of hydrazone groups is 1. The van der Waals surface area contributed by atoms with E-state index in [4.69, 9.17) is 9.84 Å². The van der Waals surface area contributed by atoms with E-state index in [1.165, 1.54) is 11.9 Å². The van der Waals surface area contributed by atoms with Crippen molar-refractivity contribution in [3.05, 3.63) is 65.7 Å². The van der Waals surface area contributed by atoms with Gasteiger partial charge >= 0.3 is 0 Å². The number of ether oxygens (including phenoxy) is 1. The minimum Gasteiger partial charge on any atom is -0.488 e. The molecule has 0 saturated carbocycles. The number of rotatable bonds is 7. The number of aliphatic hydroxyl groups is 1. The highest BCUT2D eigenvalue weighted by Gasteiger charge is 2.06. The number of para-hydroxylation sites is 1. The largest absolute Gasteiger partial charge is 0.488 e. The van der Waals surface area contributed by atoms with Gasteiger partial charge in [0.15, 0.2) is 0 Å². The predicted octanol–water partition coefficient (Wildman–Crippen LogP) is 2.44. The molecule has 0 unspecified atom stereocenters. The molecule has 2 aromatic carbocycles. The molecule has 0 aliphatic rings. The van der Waals surface area contributed by atoms with E-state index in [1.54, 1.807) is 6.21 Å². The van der Waals surface area contributed by atoms with E-state index < -0.39 is 0 Å². The molecular formula is C18H20N2O3. The molecule has 0 radical (unpaired) electrons. The predicted molar refractivity (Wildman–Crippen MR) is 89.3 cm³/mol. The Labute approximate surface area is 135 Å². The van der Waals surface area contributed by atoms with Crippen molar-refractivity contribution in [3.8, 4) is 5.75 Å². The van der Waals surface area contributed by atoms with Crippen LogP contribution in [0.15, 0.2) is 59.7 Å². The molecule has 0 spiro atoms. The molecule has 0 saturated heterocycles. The van der Waals surface area contributed by atoms with Gasteiger partial charge in [-0.2, -0.15) is 5.10 Å². The summed E-state index contributed by atoms with van der Waals surface area (Å²) in [4.78, 5) is 11.4. The van der Waals surface area contributed by atoms with Gasteiger partial charge in [0, 0.05) is 12.5 Å². The van der Waals surface area contributed by atoms with E-state index in [-0.39, 0.29) is 19.1 Å². The average molecular weight is 312 g/mol. The monoisotopic (exact) mass is 312 g/mol. The maximum atomic E-state index is 11.4. The second kappa shape index (κ2) is 8.70. The molecule has 23 heavy (non-hydrogen) atoms. The lowest BCUT2D eigenvalue weighted by Gasteiger charge is -2.13. The van der Waals surface area contributed by atoms with Crippen LogP contribution in [0.2, 0.25) is 0 Å². The van der Waals surface area contributed by atoms with Gasteiger partial charge in [-0.1, -0.05) is 42.5 Å². The molecule has 0 heterocycles. The van der Waals surface area contributed by atoms with Gasteiger partial charge in [0.25, 0.3) is 0 Å². The summed E-state index contributed by atoms with van der Waals surface area (Å²) < 4.78 is 5.83. The zero-order chi connectivity index (χ0) is 16.5. The summed E-state index contributed by atoms with van der Waals surface area (Å²) in [5.41, 5.74) is 1.84. The molecule has 2 rings (SSSR count). The van der Waals surface area contributed by atoms with Gasteiger partial charge in [-0.05, 0) is 17.7 Å². The number of benzene rings is 2. The van der Waals surface area contributed by atoms with Crippen LogP contribution >= 0.6 is 0 Å². The number of hydrogen-bond acceptors (Lipinski definition) is 4. The molecule has 1 N–H and O–H groups in total. The van der Waals surface area contributed by atoms with Gasteiger partial charge in [-0.25, -0.2) is 5.01 Å². The summed E-state index contributed by atoms with van der Waals surface area (Å²) in [7, 11) is 0. The van der Waals surface area contributed by atoms with Crippen LogP contribution in [0.4, 0.5) is 0 Å². The topological polar surface area (TPSA) is 62.1 Å². The first-order chi connectivity index (χ1) is 11.2. The first-order valence-corrected chi connectivity index (χ1v) is 7.39. The van der Waals surface area contributed by atoms with Crippen molar-refractivity contribution in [1.82, 2.24) is 5.01 Å². The van der Waals surface area contributed by atoms with Crippen LogP contribution in [0.25, 0.3) is 0 Å². The Morgan fingerprint density at radius 2 is 1.87 bits per heavy atom. The molecule has 0 atom stereocenters. The van der Waals surface area contributed by atoms with E-state index in [0.717, 1.165) is 11.1 Å². The highest BCUT2D eigenvalue weighted by Crippen LogP contribution is 2.17. The lowest BCUT2D eigenvalue weighted by atomic mass is 10.2. The first-order valence-electron chi connectivity index (χ1n) is 7.39. The highest BCUT2D eigenvalue weighted by molar-refractivity contribution is 5.84. The van der Waals surface area contributed by atoms with Crippen molar-refractivity contribution < 1.29 is 14.6 Å². The molecule has 0 aliphatic heterocycles. The second-order valence-electron chi connectivity index (χ2n) is 4.92. The Hall–Kier alpha value is -2.66. The third-order valence-electron chi connectivity index (χ3n) is 3.17. The fourth-order valence-corrected chi connectivity index (χ4v) is 1.98. The zero-order valence-corrected chi connectivity index (χ0v) is 13.1. The van der Waals surface area contributed by atoms with Gasteiger partial charge in [-0.15, -0.1) is 0 Å². The number of amides is 1. The van der Waals surface area contributed by atoms with E-state index in [9.17, 15) is 4.79 Å². The highest BCUT2D eigenvalue weighted by atomic mass is 16.5. The quantitative estimate of drug-likeness (QED) is 0.631.